The third-order valence-corrected chi connectivity index (χ3v) is 2.81. The molecule has 0 atom stereocenters. The van der Waals surface area contributed by atoms with Gasteiger partial charge >= 0.3 is 0 Å². The monoisotopic (exact) mass is 277 g/mol. The first kappa shape index (κ1) is 14.0. The average Bonchev–Trinajstić information content (AvgIpc) is 2.45. The zero-order chi connectivity index (χ0) is 14.5. The normalized spacial score (nSPS) is 10.2. The minimum absolute atomic E-state index is 0.193. The lowest BCUT2D eigenvalue weighted by molar-refractivity contribution is 0.0946. The second kappa shape index (κ2) is 6.14. The van der Waals surface area contributed by atoms with Crippen molar-refractivity contribution in [2.75, 3.05) is 7.11 Å². The van der Waals surface area contributed by atoms with E-state index in [2.05, 4.69) is 5.32 Å². The molecule has 0 spiro atoms. The number of benzene rings is 2. The fourth-order valence-electron chi connectivity index (χ4n) is 1.79. The third kappa shape index (κ3) is 3.12. The Kier molecular flexibility index (Phi) is 4.30. The Morgan fingerprint density at radius 3 is 2.65 bits per heavy atom. The molecule has 0 heterocycles. The zero-order valence-corrected chi connectivity index (χ0v) is 10.8. The number of para-hydroxylation sites is 1. The summed E-state index contributed by atoms with van der Waals surface area (Å²) < 4.78 is 31.4. The molecule has 5 heteroatoms. The van der Waals surface area contributed by atoms with Crippen LogP contribution in [0.4, 0.5) is 8.78 Å². The lowest BCUT2D eigenvalue weighted by atomic mass is 10.1. The van der Waals surface area contributed by atoms with E-state index in [1.165, 1.54) is 7.11 Å². The van der Waals surface area contributed by atoms with Gasteiger partial charge in [-0.3, -0.25) is 4.79 Å². The van der Waals surface area contributed by atoms with E-state index in [-0.39, 0.29) is 12.1 Å². The minimum atomic E-state index is -0.887. The van der Waals surface area contributed by atoms with Crippen LogP contribution in [0.15, 0.2) is 42.5 Å². The summed E-state index contributed by atoms with van der Waals surface area (Å²) in [5, 5.41) is 2.57. The lowest BCUT2D eigenvalue weighted by Gasteiger charge is -2.10. The second-order valence-corrected chi connectivity index (χ2v) is 4.12. The highest BCUT2D eigenvalue weighted by Crippen LogP contribution is 2.17. The Morgan fingerprint density at radius 2 is 1.95 bits per heavy atom. The number of hydrogen-bond donors (Lipinski definition) is 1. The molecule has 0 aliphatic rings. The number of carbonyl (C=O) groups excluding carboxylic acids is 1. The van der Waals surface area contributed by atoms with Gasteiger partial charge in [0.2, 0.25) is 0 Å². The molecular weight excluding hydrogens is 264 g/mol. The lowest BCUT2D eigenvalue weighted by Crippen LogP contribution is -2.24. The molecule has 1 N–H and O–H groups in total. The van der Waals surface area contributed by atoms with Crippen molar-refractivity contribution < 1.29 is 18.3 Å². The molecule has 0 unspecified atom stereocenters. The molecule has 0 bridgehead atoms. The molecule has 0 aromatic heterocycles. The summed E-state index contributed by atoms with van der Waals surface area (Å²) in [7, 11) is 1.53. The number of methoxy groups -OCH3 is 1. The van der Waals surface area contributed by atoms with Crippen molar-refractivity contribution in [2.45, 2.75) is 6.54 Å². The second-order valence-electron chi connectivity index (χ2n) is 4.12. The highest BCUT2D eigenvalue weighted by molar-refractivity contribution is 5.94. The van der Waals surface area contributed by atoms with E-state index in [1.54, 1.807) is 12.1 Å². The smallest absolute Gasteiger partial charge is 0.254 e. The van der Waals surface area contributed by atoms with E-state index in [1.807, 2.05) is 12.1 Å². The Bertz CT molecular complexity index is 629. The maximum absolute atomic E-state index is 13.4. The number of amides is 1. The number of hydrogen-bond acceptors (Lipinski definition) is 2. The first-order chi connectivity index (χ1) is 9.61. The zero-order valence-electron chi connectivity index (χ0n) is 10.8. The van der Waals surface area contributed by atoms with Crippen LogP contribution in [0.2, 0.25) is 0 Å². The van der Waals surface area contributed by atoms with E-state index >= 15 is 0 Å². The van der Waals surface area contributed by atoms with Gasteiger partial charge in [0.05, 0.1) is 12.7 Å². The van der Waals surface area contributed by atoms with E-state index < -0.39 is 17.5 Å². The van der Waals surface area contributed by atoms with Gasteiger partial charge in [0.15, 0.2) is 0 Å². The van der Waals surface area contributed by atoms with Gasteiger partial charge in [-0.15, -0.1) is 0 Å². The number of carbonyl (C=O) groups is 1. The Hall–Kier alpha value is -2.43. The predicted molar refractivity (Wildman–Crippen MR) is 70.5 cm³/mol. The molecule has 2 aromatic carbocycles. The topological polar surface area (TPSA) is 38.3 Å². The van der Waals surface area contributed by atoms with Gasteiger partial charge in [0.25, 0.3) is 5.91 Å². The number of halogens is 2. The largest absolute Gasteiger partial charge is 0.496 e. The summed E-state index contributed by atoms with van der Waals surface area (Å²) in [6.07, 6.45) is 0. The molecule has 3 nitrogen and oxygen atoms in total. The SMILES string of the molecule is COc1ccccc1CNC(=O)c1ccc(F)cc1F. The van der Waals surface area contributed by atoms with Gasteiger partial charge in [-0.25, -0.2) is 8.78 Å². The Labute approximate surface area is 115 Å². The fourth-order valence-corrected chi connectivity index (χ4v) is 1.79. The average molecular weight is 277 g/mol. The van der Waals surface area contributed by atoms with Crippen molar-refractivity contribution in [2.24, 2.45) is 0 Å². The summed E-state index contributed by atoms with van der Waals surface area (Å²) in [6.45, 7) is 0.194. The van der Waals surface area contributed by atoms with Gasteiger partial charge in [0, 0.05) is 18.2 Å². The van der Waals surface area contributed by atoms with Crippen LogP contribution < -0.4 is 10.1 Å². The van der Waals surface area contributed by atoms with Crippen molar-refractivity contribution in [1.82, 2.24) is 5.32 Å². The van der Waals surface area contributed by atoms with Gasteiger partial charge in [-0.2, -0.15) is 0 Å². The van der Waals surface area contributed by atoms with E-state index in [0.29, 0.717) is 11.8 Å². The molecular formula is C15H13F2NO2. The van der Waals surface area contributed by atoms with E-state index in [9.17, 15) is 13.6 Å². The fraction of sp³-hybridized carbons (Fsp3) is 0.133. The van der Waals surface area contributed by atoms with Crippen LogP contribution in [0.3, 0.4) is 0 Å². The van der Waals surface area contributed by atoms with Gasteiger partial charge in [-0.1, -0.05) is 18.2 Å². The van der Waals surface area contributed by atoms with Crippen molar-refractivity contribution in [3.8, 4) is 5.75 Å². The van der Waals surface area contributed by atoms with Crippen LogP contribution in [0.5, 0.6) is 5.75 Å². The third-order valence-electron chi connectivity index (χ3n) is 2.81. The molecule has 0 saturated carbocycles. The summed E-state index contributed by atoms with van der Waals surface area (Å²) in [5.74, 6) is -1.58. The molecule has 0 aliphatic carbocycles. The molecule has 0 saturated heterocycles. The van der Waals surface area contributed by atoms with Gasteiger partial charge in [-0.05, 0) is 18.2 Å². The predicted octanol–water partition coefficient (Wildman–Crippen LogP) is 2.90. The highest BCUT2D eigenvalue weighted by Gasteiger charge is 2.12. The molecule has 104 valence electrons. The maximum Gasteiger partial charge on any atom is 0.254 e. The Balaban J connectivity index is 2.09. The summed E-state index contributed by atoms with van der Waals surface area (Å²) in [6, 6.07) is 10.0. The molecule has 0 radical (unpaired) electrons. The molecule has 0 aliphatic heterocycles. The maximum atomic E-state index is 13.4. The quantitative estimate of drug-likeness (QED) is 0.933. The summed E-state index contributed by atoms with van der Waals surface area (Å²) in [5.41, 5.74) is 0.576. The molecule has 20 heavy (non-hydrogen) atoms. The summed E-state index contributed by atoms with van der Waals surface area (Å²) >= 11 is 0. The minimum Gasteiger partial charge on any atom is -0.496 e. The van der Waals surface area contributed by atoms with Gasteiger partial charge in [0.1, 0.15) is 17.4 Å². The number of nitrogens with one attached hydrogen (secondary N) is 1. The van der Waals surface area contributed by atoms with Crippen LogP contribution in [0, 0.1) is 11.6 Å². The highest BCUT2D eigenvalue weighted by atomic mass is 19.1. The molecule has 1 amide bonds. The molecule has 2 rings (SSSR count). The van der Waals surface area contributed by atoms with Crippen LogP contribution in [0.1, 0.15) is 15.9 Å². The van der Waals surface area contributed by atoms with Crippen LogP contribution >= 0.6 is 0 Å². The van der Waals surface area contributed by atoms with Crippen LogP contribution in [-0.2, 0) is 6.54 Å². The van der Waals surface area contributed by atoms with Crippen molar-refractivity contribution in [3.63, 3.8) is 0 Å². The van der Waals surface area contributed by atoms with Crippen LogP contribution in [-0.4, -0.2) is 13.0 Å². The van der Waals surface area contributed by atoms with E-state index in [0.717, 1.165) is 17.7 Å². The standard InChI is InChI=1S/C15H13F2NO2/c1-20-14-5-3-2-4-10(14)9-18-15(19)12-7-6-11(16)8-13(12)17/h2-8H,9H2,1H3,(H,18,19). The number of rotatable bonds is 4. The summed E-state index contributed by atoms with van der Waals surface area (Å²) in [4.78, 5) is 11.8. The van der Waals surface area contributed by atoms with E-state index in [4.69, 9.17) is 4.74 Å². The van der Waals surface area contributed by atoms with Crippen LogP contribution in [0.25, 0.3) is 0 Å². The van der Waals surface area contributed by atoms with Crippen molar-refractivity contribution >= 4 is 5.91 Å². The molecule has 0 fully saturated rings. The van der Waals surface area contributed by atoms with Gasteiger partial charge < -0.3 is 10.1 Å². The first-order valence-corrected chi connectivity index (χ1v) is 5.97. The first-order valence-electron chi connectivity index (χ1n) is 5.97. The number of ether oxygens (including phenoxy) is 1. The van der Waals surface area contributed by atoms with Crippen molar-refractivity contribution in [1.29, 1.82) is 0 Å². The Morgan fingerprint density at radius 1 is 1.20 bits per heavy atom. The van der Waals surface area contributed by atoms with Crippen molar-refractivity contribution in [3.05, 3.63) is 65.2 Å². The molecule has 2 aromatic rings.